The number of phenols is 1. The number of phenolic OH excluding ortho intramolecular Hbond substituents is 1. The highest BCUT2D eigenvalue weighted by molar-refractivity contribution is 5.97. The van der Waals surface area contributed by atoms with Gasteiger partial charge in [0, 0.05) is 5.57 Å². The van der Waals surface area contributed by atoms with Crippen LogP contribution in [0.4, 0.5) is 4.39 Å². The molecule has 0 radical (unpaired) electrons. The molecule has 13 heteroatoms. The van der Waals surface area contributed by atoms with Crippen molar-refractivity contribution < 1.29 is 58.8 Å². The van der Waals surface area contributed by atoms with Crippen molar-refractivity contribution in [1.82, 2.24) is 5.32 Å². The van der Waals surface area contributed by atoms with E-state index in [9.17, 15) is 44.6 Å². The van der Waals surface area contributed by atoms with Crippen LogP contribution in [0.15, 0.2) is 59.7 Å². The molecule has 1 saturated heterocycles. The van der Waals surface area contributed by atoms with E-state index in [0.717, 1.165) is 12.5 Å². The number of benzene rings is 2. The molecule has 1 heterocycles. The quantitative estimate of drug-likeness (QED) is 0.118. The van der Waals surface area contributed by atoms with Crippen LogP contribution in [0.2, 0.25) is 0 Å². The van der Waals surface area contributed by atoms with Crippen molar-refractivity contribution >= 4 is 18.0 Å². The summed E-state index contributed by atoms with van der Waals surface area (Å²) in [5.41, 5.74) is 0.815. The molecule has 2 aliphatic carbocycles. The fourth-order valence-corrected chi connectivity index (χ4v) is 6.59. The van der Waals surface area contributed by atoms with Gasteiger partial charge in [-0.1, -0.05) is 24.6 Å². The highest BCUT2D eigenvalue weighted by Gasteiger charge is 2.51. The molecule has 0 bridgehead atoms. The van der Waals surface area contributed by atoms with E-state index in [-0.39, 0.29) is 41.1 Å². The molecule has 254 valence electrons. The summed E-state index contributed by atoms with van der Waals surface area (Å²) in [4.78, 5) is 25.1. The number of fused-ring (bicyclic) bond motifs is 1. The predicted molar refractivity (Wildman–Crippen MR) is 164 cm³/mol. The van der Waals surface area contributed by atoms with Gasteiger partial charge in [-0.3, -0.25) is 4.79 Å². The maximum atomic E-state index is 13.8. The van der Waals surface area contributed by atoms with Crippen LogP contribution < -0.4 is 10.1 Å². The van der Waals surface area contributed by atoms with Crippen molar-refractivity contribution in [3.05, 3.63) is 76.6 Å². The maximum absolute atomic E-state index is 13.8. The molecular weight excluding hydrogens is 617 g/mol. The van der Waals surface area contributed by atoms with Crippen molar-refractivity contribution in [1.29, 1.82) is 0 Å². The molecule has 0 unspecified atom stereocenters. The molecule has 1 aliphatic heterocycles. The Morgan fingerprint density at radius 1 is 0.957 bits per heavy atom. The molecular formula is C34H40FNO11. The van der Waals surface area contributed by atoms with Crippen LogP contribution in [0, 0.1) is 17.7 Å². The molecule has 2 aromatic carbocycles. The molecule has 0 aromatic heterocycles. The summed E-state index contributed by atoms with van der Waals surface area (Å²) in [6.45, 7) is 2.86. The number of carbonyl (C=O) groups is 2. The number of rotatable bonds is 9. The molecule has 3 fully saturated rings. The number of aromatic hydroxyl groups is 1. The van der Waals surface area contributed by atoms with Gasteiger partial charge in [0.05, 0.1) is 23.8 Å². The van der Waals surface area contributed by atoms with Gasteiger partial charge in [0.15, 0.2) is 11.5 Å². The number of carbonyl (C=O) groups excluding carboxylic acids is 2. The van der Waals surface area contributed by atoms with E-state index in [1.54, 1.807) is 6.92 Å². The smallest absolute Gasteiger partial charge is 0.341 e. The van der Waals surface area contributed by atoms with Crippen LogP contribution in [0.1, 0.15) is 49.0 Å². The van der Waals surface area contributed by atoms with Crippen molar-refractivity contribution in [3.8, 4) is 11.5 Å². The van der Waals surface area contributed by atoms with E-state index in [2.05, 4.69) is 5.32 Å². The fourth-order valence-electron chi connectivity index (χ4n) is 6.59. The fraction of sp³-hybridized carbons (Fsp3) is 0.471. The monoisotopic (exact) mass is 657 g/mol. The molecule has 3 aliphatic rings. The molecule has 2 aromatic rings. The minimum Gasteiger partial charge on any atom is -0.504 e. The number of esters is 1. The summed E-state index contributed by atoms with van der Waals surface area (Å²) in [5, 5.41) is 66.3. The molecule has 2 saturated carbocycles. The van der Waals surface area contributed by atoms with Crippen molar-refractivity contribution in [2.45, 2.75) is 82.1 Å². The lowest BCUT2D eigenvalue weighted by molar-refractivity contribution is -0.139. The van der Waals surface area contributed by atoms with Gasteiger partial charge >= 0.3 is 5.97 Å². The van der Waals surface area contributed by atoms with E-state index in [0.29, 0.717) is 24.0 Å². The average molecular weight is 658 g/mol. The van der Waals surface area contributed by atoms with Gasteiger partial charge in [0.1, 0.15) is 36.8 Å². The van der Waals surface area contributed by atoms with Gasteiger partial charge < -0.3 is 50.2 Å². The molecule has 7 N–H and O–H groups in total. The normalized spacial score (nSPS) is 32.5. The second-order valence-electron chi connectivity index (χ2n) is 12.3. The lowest BCUT2D eigenvalue weighted by atomic mass is 9.73. The molecule has 1 amide bonds. The Bertz CT molecular complexity index is 1530. The summed E-state index contributed by atoms with van der Waals surface area (Å²) >= 11 is 0. The number of ether oxygens (including phenoxy) is 3. The van der Waals surface area contributed by atoms with Crippen LogP contribution in [0.25, 0.3) is 6.08 Å². The molecule has 0 spiro atoms. The summed E-state index contributed by atoms with van der Waals surface area (Å²) in [6, 6.07) is 8.58. The minimum atomic E-state index is -1.50. The van der Waals surface area contributed by atoms with Crippen LogP contribution in [-0.4, -0.2) is 98.1 Å². The third kappa shape index (κ3) is 7.35. The molecule has 5 rings (SSSR count). The summed E-state index contributed by atoms with van der Waals surface area (Å²) in [7, 11) is 0. The van der Waals surface area contributed by atoms with Crippen LogP contribution in [-0.2, 0) is 14.3 Å². The van der Waals surface area contributed by atoms with Gasteiger partial charge in [0.25, 0.3) is 0 Å². The number of nitrogens with one attached hydrogen (secondary N) is 1. The number of aliphatic hydroxyl groups excluding tert-OH is 5. The maximum Gasteiger partial charge on any atom is 0.341 e. The Hall–Kier alpha value is -3.85. The average Bonchev–Trinajstić information content (AvgIpc) is 3.65. The SMILES string of the molecule is C/C(=C\c1ccc(O[C@@H]2O[C@H](/C(C)=C/COC(=O)c3ccccc3F)[C@@H](O)[C@@H]2O)c(O)c1)C(=O)N[C@@H]1[C@H](O)[C@@H](O)[C@H]2CCC[C@H]2[C@@H]1O. The lowest BCUT2D eigenvalue weighted by Gasteiger charge is -2.43. The Balaban J connectivity index is 1.17. The van der Waals surface area contributed by atoms with E-state index in [1.807, 2.05) is 0 Å². The first kappa shape index (κ1) is 34.5. The second-order valence-corrected chi connectivity index (χ2v) is 12.3. The number of halogens is 1. The van der Waals surface area contributed by atoms with Crippen molar-refractivity contribution in [2.24, 2.45) is 11.8 Å². The Kier molecular flexibility index (Phi) is 10.6. The van der Waals surface area contributed by atoms with E-state index < -0.39 is 66.6 Å². The van der Waals surface area contributed by atoms with E-state index >= 15 is 0 Å². The highest BCUT2D eigenvalue weighted by Crippen LogP contribution is 2.43. The highest BCUT2D eigenvalue weighted by atomic mass is 19.1. The minimum absolute atomic E-state index is 0.0739. The summed E-state index contributed by atoms with van der Waals surface area (Å²) in [5.74, 6) is -2.98. The Morgan fingerprint density at radius 2 is 1.66 bits per heavy atom. The molecule has 47 heavy (non-hydrogen) atoms. The Labute approximate surface area is 270 Å². The first-order valence-corrected chi connectivity index (χ1v) is 15.5. The van der Waals surface area contributed by atoms with Gasteiger partial charge in [-0.05, 0) is 86.1 Å². The van der Waals surface area contributed by atoms with Gasteiger partial charge in [-0.25, -0.2) is 9.18 Å². The number of hydrogen-bond donors (Lipinski definition) is 7. The Morgan fingerprint density at radius 3 is 2.36 bits per heavy atom. The predicted octanol–water partition coefficient (Wildman–Crippen LogP) is 1.56. The van der Waals surface area contributed by atoms with Gasteiger partial charge in [0.2, 0.25) is 12.2 Å². The lowest BCUT2D eigenvalue weighted by Crippen LogP contribution is -2.63. The molecule has 10 atom stereocenters. The van der Waals surface area contributed by atoms with Gasteiger partial charge in [-0.15, -0.1) is 0 Å². The summed E-state index contributed by atoms with van der Waals surface area (Å²) in [6.07, 6.45) is -3.49. The molecule has 12 nitrogen and oxygen atoms in total. The number of hydrogen-bond acceptors (Lipinski definition) is 11. The number of amides is 1. The first-order valence-electron chi connectivity index (χ1n) is 15.5. The zero-order valence-corrected chi connectivity index (χ0v) is 25.9. The first-order chi connectivity index (χ1) is 22.4. The van der Waals surface area contributed by atoms with Crippen LogP contribution in [0.3, 0.4) is 0 Å². The number of aliphatic hydroxyl groups is 5. The van der Waals surface area contributed by atoms with Gasteiger partial charge in [-0.2, -0.15) is 0 Å². The second kappa shape index (κ2) is 14.5. The largest absolute Gasteiger partial charge is 0.504 e. The topological polar surface area (TPSA) is 195 Å². The zero-order valence-electron chi connectivity index (χ0n) is 25.9. The third-order valence-corrected chi connectivity index (χ3v) is 9.24. The van der Waals surface area contributed by atoms with Crippen molar-refractivity contribution in [2.75, 3.05) is 6.61 Å². The zero-order chi connectivity index (χ0) is 34.0. The standard InChI is InChI=1S/C34H40FNO11/c1-16(12-13-45-33(44)21-6-3-4-9-22(21)35)31-29(41)30(42)34(47-31)46-24-11-10-18(15-23(24)37)14-17(2)32(43)36-25-26(38)19-7-5-8-20(19)27(39)28(25)40/h3-4,6,9-12,14-15,19-20,25-31,34,37-42H,5,7-8,13H2,1-2H3,(H,36,43)/b16-12+,17-14+/t19-,20+,25+,26+,27+,28+,29+,30+,31-,34-/m1/s1. The van der Waals surface area contributed by atoms with E-state index in [1.165, 1.54) is 55.5 Å². The van der Waals surface area contributed by atoms with Crippen LogP contribution >= 0.6 is 0 Å². The van der Waals surface area contributed by atoms with Crippen molar-refractivity contribution in [3.63, 3.8) is 0 Å². The third-order valence-electron chi connectivity index (χ3n) is 9.24. The summed E-state index contributed by atoms with van der Waals surface area (Å²) < 4.78 is 30.2. The van der Waals surface area contributed by atoms with Crippen LogP contribution in [0.5, 0.6) is 11.5 Å². The van der Waals surface area contributed by atoms with E-state index in [4.69, 9.17) is 14.2 Å².